The summed E-state index contributed by atoms with van der Waals surface area (Å²) >= 11 is 0. The molecule has 29 heavy (non-hydrogen) atoms. The molecule has 0 aliphatic rings. The van der Waals surface area contributed by atoms with Crippen molar-refractivity contribution in [3.8, 4) is 5.88 Å². The number of nitrogens with zero attached hydrogens (tertiary/aromatic N) is 2. The molecule has 1 aromatic heterocycles. The smallest absolute Gasteiger partial charge is 0.263 e. The van der Waals surface area contributed by atoms with Crippen LogP contribution in [-0.4, -0.2) is 18.4 Å². The van der Waals surface area contributed by atoms with Crippen molar-refractivity contribution in [2.75, 3.05) is 4.72 Å². The summed E-state index contributed by atoms with van der Waals surface area (Å²) in [5, 5.41) is 0. The van der Waals surface area contributed by atoms with Crippen LogP contribution >= 0.6 is 0 Å². The van der Waals surface area contributed by atoms with Crippen LogP contribution in [0.15, 0.2) is 83.8 Å². The van der Waals surface area contributed by atoms with E-state index in [4.69, 9.17) is 4.74 Å². The molecular formula is C22H19N3O3S. The topological polar surface area (TPSA) is 81.2 Å². The van der Waals surface area contributed by atoms with Crippen LogP contribution < -0.4 is 9.46 Å². The quantitative estimate of drug-likeness (QED) is 0.517. The molecule has 146 valence electrons. The average molecular weight is 405 g/mol. The van der Waals surface area contributed by atoms with Gasteiger partial charge in [-0.05, 0) is 36.8 Å². The van der Waals surface area contributed by atoms with Gasteiger partial charge in [0.15, 0.2) is 0 Å². The lowest BCUT2D eigenvalue weighted by molar-refractivity contribution is 0.296. The molecular weight excluding hydrogens is 386 g/mol. The Balaban J connectivity index is 1.70. The lowest BCUT2D eigenvalue weighted by atomic mass is 10.2. The van der Waals surface area contributed by atoms with Gasteiger partial charge in [0.05, 0.1) is 15.9 Å². The van der Waals surface area contributed by atoms with Gasteiger partial charge in [-0.1, -0.05) is 60.2 Å². The Hall–Kier alpha value is -3.45. The third-order valence-corrected chi connectivity index (χ3v) is 5.67. The van der Waals surface area contributed by atoms with Crippen LogP contribution in [0.25, 0.3) is 11.0 Å². The first-order chi connectivity index (χ1) is 14.0. The molecule has 6 nitrogen and oxygen atoms in total. The highest BCUT2D eigenvalue weighted by Gasteiger charge is 2.19. The molecule has 0 amide bonds. The fourth-order valence-corrected chi connectivity index (χ4v) is 3.78. The van der Waals surface area contributed by atoms with Gasteiger partial charge in [0.25, 0.3) is 15.9 Å². The SMILES string of the molecule is Cc1ccc(S(=O)(=O)Nc2nc3ccccc3nc2OCc2ccccc2)cc1. The Morgan fingerprint density at radius 3 is 2.14 bits per heavy atom. The van der Waals surface area contributed by atoms with Gasteiger partial charge >= 0.3 is 0 Å². The largest absolute Gasteiger partial charge is 0.470 e. The number of hydrogen-bond acceptors (Lipinski definition) is 5. The molecule has 0 fully saturated rings. The van der Waals surface area contributed by atoms with Crippen LogP contribution in [0.4, 0.5) is 5.82 Å². The number of para-hydroxylation sites is 2. The Morgan fingerprint density at radius 2 is 1.45 bits per heavy atom. The summed E-state index contributed by atoms with van der Waals surface area (Å²) in [6.07, 6.45) is 0. The second-order valence-electron chi connectivity index (χ2n) is 6.56. The number of hydrogen-bond donors (Lipinski definition) is 1. The van der Waals surface area contributed by atoms with E-state index in [-0.39, 0.29) is 23.2 Å². The Bertz CT molecular complexity index is 1240. The number of rotatable bonds is 6. The van der Waals surface area contributed by atoms with Gasteiger partial charge in [-0.15, -0.1) is 0 Å². The zero-order chi connectivity index (χ0) is 20.3. The number of ether oxygens (including phenoxy) is 1. The van der Waals surface area contributed by atoms with E-state index < -0.39 is 10.0 Å². The molecule has 0 saturated carbocycles. The van der Waals surface area contributed by atoms with E-state index in [0.717, 1.165) is 11.1 Å². The predicted octanol–water partition coefficient (Wildman–Crippen LogP) is 4.32. The van der Waals surface area contributed by atoms with Crippen LogP contribution in [-0.2, 0) is 16.6 Å². The summed E-state index contributed by atoms with van der Waals surface area (Å²) in [7, 11) is -3.84. The number of sulfonamides is 1. The van der Waals surface area contributed by atoms with Crippen molar-refractivity contribution in [1.82, 2.24) is 9.97 Å². The molecule has 7 heteroatoms. The molecule has 0 aliphatic heterocycles. The normalized spacial score (nSPS) is 11.3. The van der Waals surface area contributed by atoms with Crippen molar-refractivity contribution in [2.45, 2.75) is 18.4 Å². The molecule has 0 spiro atoms. The molecule has 3 aromatic carbocycles. The van der Waals surface area contributed by atoms with Gasteiger partial charge in [-0.25, -0.2) is 18.4 Å². The highest BCUT2D eigenvalue weighted by atomic mass is 32.2. The molecule has 0 atom stereocenters. The second-order valence-corrected chi connectivity index (χ2v) is 8.24. The summed E-state index contributed by atoms with van der Waals surface area (Å²) in [5.74, 6) is 0.184. The zero-order valence-corrected chi connectivity index (χ0v) is 16.6. The zero-order valence-electron chi connectivity index (χ0n) is 15.7. The first kappa shape index (κ1) is 18.9. The van der Waals surface area contributed by atoms with Crippen molar-refractivity contribution in [2.24, 2.45) is 0 Å². The first-order valence-electron chi connectivity index (χ1n) is 9.04. The Morgan fingerprint density at radius 1 is 0.828 bits per heavy atom. The minimum absolute atomic E-state index is 0.0557. The van der Waals surface area contributed by atoms with E-state index in [9.17, 15) is 8.42 Å². The lowest BCUT2D eigenvalue weighted by Gasteiger charge is -2.13. The summed E-state index contributed by atoms with van der Waals surface area (Å²) < 4.78 is 34.0. The molecule has 0 radical (unpaired) electrons. The maximum atomic E-state index is 12.8. The molecule has 4 rings (SSSR count). The molecule has 0 unspecified atom stereocenters. The van der Waals surface area contributed by atoms with Gasteiger partial charge < -0.3 is 4.74 Å². The van der Waals surface area contributed by atoms with Gasteiger partial charge in [0, 0.05) is 0 Å². The third-order valence-electron chi connectivity index (χ3n) is 4.32. The molecule has 0 saturated heterocycles. The van der Waals surface area contributed by atoms with E-state index >= 15 is 0 Å². The summed E-state index contributed by atoms with van der Waals surface area (Å²) in [4.78, 5) is 9.05. The number of nitrogens with one attached hydrogen (secondary N) is 1. The van der Waals surface area contributed by atoms with Gasteiger partial charge in [-0.3, -0.25) is 4.72 Å². The number of fused-ring (bicyclic) bond motifs is 1. The minimum Gasteiger partial charge on any atom is -0.470 e. The first-order valence-corrected chi connectivity index (χ1v) is 10.5. The van der Waals surface area contributed by atoms with Crippen molar-refractivity contribution >= 4 is 26.9 Å². The molecule has 1 heterocycles. The Kier molecular flexibility index (Phi) is 5.14. The highest BCUT2D eigenvalue weighted by Crippen LogP contribution is 2.27. The maximum Gasteiger partial charge on any atom is 0.263 e. The predicted molar refractivity (Wildman–Crippen MR) is 112 cm³/mol. The number of aromatic nitrogens is 2. The van der Waals surface area contributed by atoms with Gasteiger partial charge in [0.1, 0.15) is 6.61 Å². The van der Waals surface area contributed by atoms with Crippen LogP contribution in [0.3, 0.4) is 0 Å². The van der Waals surface area contributed by atoms with Crippen molar-refractivity contribution < 1.29 is 13.2 Å². The molecule has 0 bridgehead atoms. The van der Waals surface area contributed by atoms with Crippen molar-refractivity contribution in [3.63, 3.8) is 0 Å². The average Bonchev–Trinajstić information content (AvgIpc) is 2.73. The van der Waals surface area contributed by atoms with Gasteiger partial charge in [0.2, 0.25) is 5.82 Å². The summed E-state index contributed by atoms with van der Waals surface area (Å²) in [6.45, 7) is 2.14. The van der Waals surface area contributed by atoms with E-state index in [1.165, 1.54) is 0 Å². The summed E-state index contributed by atoms with van der Waals surface area (Å²) in [5.41, 5.74) is 3.10. The highest BCUT2D eigenvalue weighted by molar-refractivity contribution is 7.92. The van der Waals surface area contributed by atoms with Gasteiger partial charge in [-0.2, -0.15) is 0 Å². The van der Waals surface area contributed by atoms with Crippen LogP contribution in [0, 0.1) is 6.92 Å². The van der Waals surface area contributed by atoms with Crippen LogP contribution in [0.1, 0.15) is 11.1 Å². The lowest BCUT2D eigenvalue weighted by Crippen LogP contribution is -2.15. The summed E-state index contributed by atoms with van der Waals surface area (Å²) in [6, 6.07) is 23.4. The van der Waals surface area contributed by atoms with E-state index in [0.29, 0.717) is 11.0 Å². The van der Waals surface area contributed by atoms with E-state index in [2.05, 4.69) is 14.7 Å². The maximum absolute atomic E-state index is 12.8. The number of benzene rings is 3. The van der Waals surface area contributed by atoms with Crippen LogP contribution in [0.5, 0.6) is 5.88 Å². The molecule has 0 aliphatic carbocycles. The van der Waals surface area contributed by atoms with E-state index in [1.807, 2.05) is 49.4 Å². The van der Waals surface area contributed by atoms with Crippen LogP contribution in [0.2, 0.25) is 0 Å². The molecule has 1 N–H and O–H groups in total. The number of anilines is 1. The monoisotopic (exact) mass is 405 g/mol. The fourth-order valence-electron chi connectivity index (χ4n) is 2.78. The van der Waals surface area contributed by atoms with E-state index in [1.54, 1.807) is 36.4 Å². The fraction of sp³-hybridized carbons (Fsp3) is 0.0909. The second kappa shape index (κ2) is 7.89. The minimum atomic E-state index is -3.84. The van der Waals surface area contributed by atoms with Crippen molar-refractivity contribution in [3.05, 3.63) is 90.0 Å². The number of aryl methyl sites for hydroxylation is 1. The van der Waals surface area contributed by atoms with Crippen molar-refractivity contribution in [1.29, 1.82) is 0 Å². The standard InChI is InChI=1S/C22H19N3O3S/c1-16-11-13-18(14-12-16)29(26,27)25-21-22(28-15-17-7-3-2-4-8-17)24-20-10-6-5-9-19(20)23-21/h2-14H,15H2,1H3,(H,23,25). The Labute approximate surface area is 169 Å². The third kappa shape index (κ3) is 4.35. The molecule has 4 aromatic rings.